The number of hydrogen-bond acceptors (Lipinski definition) is 4. The van der Waals surface area contributed by atoms with Crippen LogP contribution in [0.15, 0.2) is 35.1 Å². The summed E-state index contributed by atoms with van der Waals surface area (Å²) in [4.78, 5) is 21.5. The van der Waals surface area contributed by atoms with Gasteiger partial charge in [0.15, 0.2) is 0 Å². The second kappa shape index (κ2) is 5.69. The summed E-state index contributed by atoms with van der Waals surface area (Å²) in [6.07, 6.45) is 0.987. The van der Waals surface area contributed by atoms with Crippen molar-refractivity contribution in [1.82, 2.24) is 9.97 Å². The molecule has 0 aliphatic rings. The lowest BCUT2D eigenvalue weighted by Crippen LogP contribution is -2.13. The van der Waals surface area contributed by atoms with Gasteiger partial charge in [0, 0.05) is 11.4 Å². The molecule has 0 saturated heterocycles. The zero-order valence-corrected chi connectivity index (χ0v) is 12.9. The van der Waals surface area contributed by atoms with Gasteiger partial charge < -0.3 is 5.32 Å². The Balaban J connectivity index is 2.15. The van der Waals surface area contributed by atoms with Crippen LogP contribution in [0.3, 0.4) is 0 Å². The number of benzene rings is 1. The van der Waals surface area contributed by atoms with Gasteiger partial charge in [-0.2, -0.15) is 0 Å². The maximum Gasteiger partial charge on any atom is 0.261 e. The van der Waals surface area contributed by atoms with E-state index in [4.69, 9.17) is 0 Å². The first-order valence-corrected chi connectivity index (χ1v) is 7.85. The molecular formula is C16H17N3OS. The lowest BCUT2D eigenvalue weighted by molar-refractivity contribution is 0.954. The van der Waals surface area contributed by atoms with Crippen molar-refractivity contribution in [2.75, 3.05) is 11.9 Å². The van der Waals surface area contributed by atoms with Crippen LogP contribution >= 0.6 is 11.3 Å². The van der Waals surface area contributed by atoms with Crippen LogP contribution in [0.2, 0.25) is 0 Å². The van der Waals surface area contributed by atoms with E-state index in [2.05, 4.69) is 34.3 Å². The number of rotatable bonds is 4. The molecule has 0 unspecified atom stereocenters. The van der Waals surface area contributed by atoms with Crippen molar-refractivity contribution in [3.05, 3.63) is 46.2 Å². The number of aromatic amines is 1. The Hall–Kier alpha value is -2.14. The fraction of sp³-hybridized carbons (Fsp3) is 0.250. The number of nitrogens with zero attached hydrogens (tertiary/aromatic N) is 1. The summed E-state index contributed by atoms with van der Waals surface area (Å²) in [5.74, 6) is 0.551. The van der Waals surface area contributed by atoms with E-state index in [0.717, 1.165) is 33.8 Å². The summed E-state index contributed by atoms with van der Waals surface area (Å²) in [6.45, 7) is 4.86. The van der Waals surface area contributed by atoms with E-state index < -0.39 is 0 Å². The Bertz CT molecular complexity index is 821. The average molecular weight is 299 g/mol. The normalized spacial score (nSPS) is 11.0. The molecule has 0 amide bonds. The van der Waals surface area contributed by atoms with Crippen LogP contribution in [0.5, 0.6) is 0 Å². The first-order chi connectivity index (χ1) is 10.2. The predicted octanol–water partition coefficient (Wildman–Crippen LogP) is 3.78. The quantitative estimate of drug-likeness (QED) is 0.770. The first-order valence-electron chi connectivity index (χ1n) is 7.03. The third-order valence-electron chi connectivity index (χ3n) is 3.38. The third-order valence-corrected chi connectivity index (χ3v) is 4.61. The van der Waals surface area contributed by atoms with Gasteiger partial charge >= 0.3 is 0 Å². The highest BCUT2D eigenvalue weighted by Crippen LogP contribution is 2.35. The number of hydrogen-bond donors (Lipinski definition) is 2. The number of nitrogens with one attached hydrogen (secondary N) is 2. The number of aryl methyl sites for hydroxylation is 1. The molecule has 108 valence electrons. The molecular weight excluding hydrogens is 282 g/mol. The zero-order chi connectivity index (χ0) is 14.8. The van der Waals surface area contributed by atoms with Crippen molar-refractivity contribution in [2.24, 2.45) is 0 Å². The van der Waals surface area contributed by atoms with E-state index in [1.165, 1.54) is 0 Å². The topological polar surface area (TPSA) is 57.8 Å². The van der Waals surface area contributed by atoms with Gasteiger partial charge in [0.1, 0.15) is 4.83 Å². The fourth-order valence-corrected chi connectivity index (χ4v) is 3.52. The molecule has 0 spiro atoms. The van der Waals surface area contributed by atoms with Gasteiger partial charge in [0.2, 0.25) is 5.95 Å². The lowest BCUT2D eigenvalue weighted by Gasteiger charge is -2.02. The molecule has 0 fully saturated rings. The van der Waals surface area contributed by atoms with Crippen LogP contribution in [0.1, 0.15) is 18.9 Å². The van der Waals surface area contributed by atoms with E-state index >= 15 is 0 Å². The molecule has 3 aromatic rings. The summed E-state index contributed by atoms with van der Waals surface area (Å²) >= 11 is 1.57. The Labute approximate surface area is 126 Å². The molecule has 0 bridgehead atoms. The molecule has 0 aliphatic carbocycles. The van der Waals surface area contributed by atoms with Crippen molar-refractivity contribution in [1.29, 1.82) is 0 Å². The van der Waals surface area contributed by atoms with Crippen molar-refractivity contribution in [3.63, 3.8) is 0 Å². The highest BCUT2D eigenvalue weighted by atomic mass is 32.1. The van der Waals surface area contributed by atoms with Crippen LogP contribution in [0, 0.1) is 6.92 Å². The molecule has 2 N–H and O–H groups in total. The zero-order valence-electron chi connectivity index (χ0n) is 12.1. The maximum atomic E-state index is 12.3. The van der Waals surface area contributed by atoms with Crippen LogP contribution < -0.4 is 10.9 Å². The van der Waals surface area contributed by atoms with Gasteiger partial charge in [0.05, 0.1) is 5.39 Å². The molecule has 2 aromatic heterocycles. The minimum atomic E-state index is -0.0745. The van der Waals surface area contributed by atoms with Crippen molar-refractivity contribution in [2.45, 2.75) is 20.3 Å². The number of aromatic nitrogens is 2. The summed E-state index contributed by atoms with van der Waals surface area (Å²) in [7, 11) is 0. The Morgan fingerprint density at radius 3 is 2.76 bits per heavy atom. The van der Waals surface area contributed by atoms with Crippen LogP contribution in [-0.2, 0) is 0 Å². The van der Waals surface area contributed by atoms with Crippen LogP contribution in [-0.4, -0.2) is 16.5 Å². The Kier molecular flexibility index (Phi) is 3.75. The molecule has 0 aliphatic heterocycles. The highest BCUT2D eigenvalue weighted by molar-refractivity contribution is 7.22. The number of H-pyrrole nitrogens is 1. The molecule has 5 heteroatoms. The Morgan fingerprint density at radius 1 is 1.29 bits per heavy atom. The number of anilines is 1. The molecule has 1 aromatic carbocycles. The van der Waals surface area contributed by atoms with E-state index in [0.29, 0.717) is 11.3 Å². The smallest absolute Gasteiger partial charge is 0.261 e. The van der Waals surface area contributed by atoms with E-state index in [-0.39, 0.29) is 5.56 Å². The summed E-state index contributed by atoms with van der Waals surface area (Å²) in [5.41, 5.74) is 2.05. The van der Waals surface area contributed by atoms with Crippen molar-refractivity contribution in [3.8, 4) is 10.4 Å². The largest absolute Gasteiger partial charge is 0.356 e. The summed E-state index contributed by atoms with van der Waals surface area (Å²) in [5, 5.41) is 3.83. The van der Waals surface area contributed by atoms with Gasteiger partial charge in [-0.1, -0.05) is 37.3 Å². The monoisotopic (exact) mass is 299 g/mol. The second-order valence-electron chi connectivity index (χ2n) is 4.94. The second-order valence-corrected chi connectivity index (χ2v) is 5.94. The number of fused-ring (bicyclic) bond motifs is 1. The minimum absolute atomic E-state index is 0.0745. The van der Waals surface area contributed by atoms with Gasteiger partial charge in [-0.05, 0) is 24.5 Å². The molecule has 0 radical (unpaired) electrons. The molecule has 4 nitrogen and oxygen atoms in total. The highest BCUT2D eigenvalue weighted by Gasteiger charge is 2.15. The van der Waals surface area contributed by atoms with Crippen LogP contribution in [0.4, 0.5) is 5.95 Å². The number of thiophene rings is 1. The predicted molar refractivity (Wildman–Crippen MR) is 89.2 cm³/mol. The summed E-state index contributed by atoms with van der Waals surface area (Å²) in [6, 6.07) is 10.1. The van der Waals surface area contributed by atoms with Gasteiger partial charge in [0.25, 0.3) is 5.56 Å². The minimum Gasteiger partial charge on any atom is -0.356 e. The molecule has 21 heavy (non-hydrogen) atoms. The fourth-order valence-electron chi connectivity index (χ4n) is 2.34. The van der Waals surface area contributed by atoms with Crippen LogP contribution in [0.25, 0.3) is 20.7 Å². The third kappa shape index (κ3) is 2.56. The SMILES string of the molecule is CCCNc1nc2sc(-c3ccccc3)c(C)c2c(=O)[nH]1. The van der Waals surface area contributed by atoms with E-state index in [9.17, 15) is 4.79 Å². The van der Waals surface area contributed by atoms with E-state index in [1.807, 2.05) is 25.1 Å². The molecule has 0 atom stereocenters. The van der Waals surface area contributed by atoms with Gasteiger partial charge in [-0.25, -0.2) is 4.98 Å². The molecule has 3 rings (SSSR count). The standard InChI is InChI=1S/C16H17N3OS/c1-3-9-17-16-18-14(20)12-10(2)13(21-15(12)19-16)11-7-5-4-6-8-11/h4-8H,3,9H2,1-2H3,(H2,17,18,19,20). The average Bonchev–Trinajstić information content (AvgIpc) is 2.83. The van der Waals surface area contributed by atoms with Gasteiger partial charge in [-0.15, -0.1) is 11.3 Å². The molecule has 2 heterocycles. The lowest BCUT2D eigenvalue weighted by atomic mass is 10.1. The maximum absolute atomic E-state index is 12.3. The van der Waals surface area contributed by atoms with Crippen molar-refractivity contribution >= 4 is 27.5 Å². The van der Waals surface area contributed by atoms with Gasteiger partial charge in [-0.3, -0.25) is 9.78 Å². The van der Waals surface area contributed by atoms with Crippen molar-refractivity contribution < 1.29 is 0 Å². The Morgan fingerprint density at radius 2 is 2.05 bits per heavy atom. The summed E-state index contributed by atoms with van der Waals surface area (Å²) < 4.78 is 0. The first kappa shape index (κ1) is 13.8. The van der Waals surface area contributed by atoms with E-state index in [1.54, 1.807) is 11.3 Å². The molecule has 0 saturated carbocycles.